The summed E-state index contributed by atoms with van der Waals surface area (Å²) in [6.45, 7) is 5.90. The molecule has 0 amide bonds. The van der Waals surface area contributed by atoms with Crippen LogP contribution in [0.5, 0.6) is 11.5 Å². The highest BCUT2D eigenvalue weighted by molar-refractivity contribution is 5.58. The second-order valence-electron chi connectivity index (χ2n) is 5.62. The largest absolute Gasteiger partial charge is 0.494 e. The average molecular weight is 308 g/mol. The van der Waals surface area contributed by atoms with Gasteiger partial charge >= 0.3 is 0 Å². The fraction of sp³-hybridized carbons (Fsp3) is 0.667. The van der Waals surface area contributed by atoms with E-state index in [9.17, 15) is 0 Å². The molecule has 0 aliphatic heterocycles. The molecule has 0 heterocycles. The first-order chi connectivity index (χ1) is 10.8. The summed E-state index contributed by atoms with van der Waals surface area (Å²) in [4.78, 5) is 0. The van der Waals surface area contributed by atoms with E-state index in [4.69, 9.17) is 15.3 Å². The van der Waals surface area contributed by atoms with Gasteiger partial charge in [-0.3, -0.25) is 5.84 Å². The van der Waals surface area contributed by atoms with Crippen LogP contribution in [0.3, 0.4) is 0 Å². The Labute approximate surface area is 135 Å². The van der Waals surface area contributed by atoms with Gasteiger partial charge in [0.05, 0.1) is 18.9 Å². The molecule has 0 fully saturated rings. The lowest BCUT2D eigenvalue weighted by atomic mass is 10.2. The number of nitrogen functional groups attached to an aromatic ring is 1. The predicted octanol–water partition coefficient (Wildman–Crippen LogP) is 4.89. The third-order valence-corrected chi connectivity index (χ3v) is 3.63. The van der Waals surface area contributed by atoms with Crippen LogP contribution in [0.1, 0.15) is 65.2 Å². The first-order valence-corrected chi connectivity index (χ1v) is 8.68. The Morgan fingerprint density at radius 3 is 2.09 bits per heavy atom. The fourth-order valence-corrected chi connectivity index (χ4v) is 2.27. The Balaban J connectivity index is 2.38. The highest BCUT2D eigenvalue weighted by Crippen LogP contribution is 2.29. The summed E-state index contributed by atoms with van der Waals surface area (Å²) >= 11 is 0. The van der Waals surface area contributed by atoms with E-state index >= 15 is 0 Å². The van der Waals surface area contributed by atoms with Crippen LogP contribution in [0.2, 0.25) is 0 Å². The molecule has 1 rings (SSSR count). The number of hydrogen-bond donors (Lipinski definition) is 2. The number of hydrogen-bond acceptors (Lipinski definition) is 4. The zero-order chi connectivity index (χ0) is 16.0. The van der Waals surface area contributed by atoms with Gasteiger partial charge in [-0.25, -0.2) is 0 Å². The summed E-state index contributed by atoms with van der Waals surface area (Å²) in [7, 11) is 0. The molecule has 0 spiro atoms. The standard InChI is InChI=1S/C18H32N2O2/c1-3-5-7-9-13-21-16-11-12-18(17(15-16)20-19)22-14-10-8-6-4-2/h11-12,15,20H,3-10,13-14,19H2,1-2H3. The molecule has 0 atom stereocenters. The van der Waals surface area contributed by atoms with Crippen molar-refractivity contribution in [2.24, 2.45) is 5.84 Å². The number of rotatable bonds is 13. The molecule has 0 saturated carbocycles. The zero-order valence-corrected chi connectivity index (χ0v) is 14.2. The predicted molar refractivity (Wildman–Crippen MR) is 93.5 cm³/mol. The van der Waals surface area contributed by atoms with Crippen molar-refractivity contribution < 1.29 is 9.47 Å². The quantitative estimate of drug-likeness (QED) is 0.309. The maximum Gasteiger partial charge on any atom is 0.143 e. The van der Waals surface area contributed by atoms with Gasteiger partial charge in [-0.2, -0.15) is 0 Å². The second-order valence-corrected chi connectivity index (χ2v) is 5.62. The Kier molecular flexibility index (Phi) is 10.3. The van der Waals surface area contributed by atoms with Crippen LogP contribution in [-0.2, 0) is 0 Å². The molecular formula is C18H32N2O2. The summed E-state index contributed by atoms with van der Waals surface area (Å²) in [6, 6.07) is 5.78. The molecule has 0 saturated heterocycles. The van der Waals surface area contributed by atoms with Gasteiger partial charge in [0.2, 0.25) is 0 Å². The maximum absolute atomic E-state index is 5.79. The lowest BCUT2D eigenvalue weighted by Gasteiger charge is -2.13. The zero-order valence-electron chi connectivity index (χ0n) is 14.2. The number of benzene rings is 1. The molecule has 1 aromatic rings. The van der Waals surface area contributed by atoms with E-state index in [-0.39, 0.29) is 0 Å². The molecule has 0 bridgehead atoms. The molecule has 4 heteroatoms. The van der Waals surface area contributed by atoms with Gasteiger partial charge in [-0.05, 0) is 25.0 Å². The highest BCUT2D eigenvalue weighted by atomic mass is 16.5. The first kappa shape index (κ1) is 18.6. The fourth-order valence-electron chi connectivity index (χ4n) is 2.27. The summed E-state index contributed by atoms with van der Waals surface area (Å²) in [5.74, 6) is 7.21. The molecule has 0 aliphatic rings. The van der Waals surface area contributed by atoms with E-state index in [0.717, 1.165) is 43.2 Å². The van der Waals surface area contributed by atoms with E-state index in [1.165, 1.54) is 38.5 Å². The molecule has 0 aromatic heterocycles. The van der Waals surface area contributed by atoms with Gasteiger partial charge in [0, 0.05) is 6.07 Å². The van der Waals surface area contributed by atoms with Gasteiger partial charge in [0.1, 0.15) is 11.5 Å². The first-order valence-electron chi connectivity index (χ1n) is 8.68. The summed E-state index contributed by atoms with van der Waals surface area (Å²) in [5.41, 5.74) is 3.47. The lowest BCUT2D eigenvalue weighted by molar-refractivity contribution is 0.298. The molecular weight excluding hydrogens is 276 g/mol. The van der Waals surface area contributed by atoms with Gasteiger partial charge in [0.15, 0.2) is 0 Å². The van der Waals surface area contributed by atoms with Crippen molar-refractivity contribution in [3.63, 3.8) is 0 Å². The van der Waals surface area contributed by atoms with Gasteiger partial charge in [-0.1, -0.05) is 52.4 Å². The Hall–Kier alpha value is -1.42. The molecule has 0 aliphatic carbocycles. The number of anilines is 1. The van der Waals surface area contributed by atoms with Crippen LogP contribution in [0.15, 0.2) is 18.2 Å². The lowest BCUT2D eigenvalue weighted by Crippen LogP contribution is -2.10. The van der Waals surface area contributed by atoms with Crippen molar-refractivity contribution in [1.29, 1.82) is 0 Å². The summed E-state index contributed by atoms with van der Waals surface area (Å²) < 4.78 is 11.5. The smallest absolute Gasteiger partial charge is 0.143 e. The average Bonchev–Trinajstić information content (AvgIpc) is 2.55. The van der Waals surface area contributed by atoms with Crippen LogP contribution >= 0.6 is 0 Å². The maximum atomic E-state index is 5.79. The van der Waals surface area contributed by atoms with E-state index in [2.05, 4.69) is 19.3 Å². The van der Waals surface area contributed by atoms with Gasteiger partial charge in [0.25, 0.3) is 0 Å². The van der Waals surface area contributed by atoms with Crippen molar-refractivity contribution in [2.45, 2.75) is 65.2 Å². The van der Waals surface area contributed by atoms with E-state index in [1.807, 2.05) is 18.2 Å². The molecule has 22 heavy (non-hydrogen) atoms. The Morgan fingerprint density at radius 1 is 0.864 bits per heavy atom. The third-order valence-electron chi connectivity index (χ3n) is 3.63. The number of nitrogens with one attached hydrogen (secondary N) is 1. The topological polar surface area (TPSA) is 56.5 Å². The van der Waals surface area contributed by atoms with E-state index in [1.54, 1.807) is 0 Å². The van der Waals surface area contributed by atoms with Gasteiger partial charge < -0.3 is 14.9 Å². The summed E-state index contributed by atoms with van der Waals surface area (Å²) in [5, 5.41) is 0. The van der Waals surface area contributed by atoms with Crippen LogP contribution in [0.25, 0.3) is 0 Å². The van der Waals surface area contributed by atoms with Crippen LogP contribution in [-0.4, -0.2) is 13.2 Å². The Morgan fingerprint density at radius 2 is 1.50 bits per heavy atom. The molecule has 0 radical (unpaired) electrons. The van der Waals surface area contributed by atoms with Crippen molar-refractivity contribution >= 4 is 5.69 Å². The monoisotopic (exact) mass is 308 g/mol. The van der Waals surface area contributed by atoms with Crippen molar-refractivity contribution in [2.75, 3.05) is 18.6 Å². The SMILES string of the molecule is CCCCCCOc1ccc(OCCCCCC)c(NN)c1. The van der Waals surface area contributed by atoms with Crippen molar-refractivity contribution in [3.8, 4) is 11.5 Å². The van der Waals surface area contributed by atoms with Crippen molar-refractivity contribution in [3.05, 3.63) is 18.2 Å². The Bertz CT molecular complexity index is 397. The summed E-state index contributed by atoms with van der Waals surface area (Å²) in [6.07, 6.45) is 9.60. The number of hydrazine groups is 1. The third kappa shape index (κ3) is 7.55. The van der Waals surface area contributed by atoms with E-state index < -0.39 is 0 Å². The minimum atomic E-state index is 0.728. The number of nitrogens with two attached hydrogens (primary N) is 1. The van der Waals surface area contributed by atoms with Crippen LogP contribution in [0, 0.1) is 0 Å². The van der Waals surface area contributed by atoms with E-state index in [0.29, 0.717) is 0 Å². The van der Waals surface area contributed by atoms with Crippen LogP contribution in [0.4, 0.5) is 5.69 Å². The minimum absolute atomic E-state index is 0.728. The second kappa shape index (κ2) is 12.2. The number of unbranched alkanes of at least 4 members (excludes halogenated alkanes) is 6. The normalized spacial score (nSPS) is 10.5. The molecule has 3 N–H and O–H groups in total. The molecule has 4 nitrogen and oxygen atoms in total. The minimum Gasteiger partial charge on any atom is -0.494 e. The molecule has 1 aromatic carbocycles. The van der Waals surface area contributed by atoms with Gasteiger partial charge in [-0.15, -0.1) is 0 Å². The van der Waals surface area contributed by atoms with Crippen LogP contribution < -0.4 is 20.7 Å². The number of ether oxygens (including phenoxy) is 2. The van der Waals surface area contributed by atoms with Crippen molar-refractivity contribution in [1.82, 2.24) is 0 Å². The molecule has 126 valence electrons. The molecule has 0 unspecified atom stereocenters. The highest BCUT2D eigenvalue weighted by Gasteiger charge is 2.05.